The number of aromatic nitrogens is 2. The molecule has 0 aliphatic carbocycles. The van der Waals surface area contributed by atoms with Gasteiger partial charge >= 0.3 is 5.69 Å². The summed E-state index contributed by atoms with van der Waals surface area (Å²) < 4.78 is 0. The van der Waals surface area contributed by atoms with E-state index in [1.165, 1.54) is 6.33 Å². The van der Waals surface area contributed by atoms with E-state index in [1.807, 2.05) is 32.0 Å². The smallest absolute Gasteiger partial charge is 0.334 e. The highest BCUT2D eigenvalue weighted by Gasteiger charge is 2.23. The molecule has 0 saturated heterocycles. The van der Waals surface area contributed by atoms with Crippen molar-refractivity contribution < 1.29 is 4.92 Å². The zero-order valence-electron chi connectivity index (χ0n) is 14.5. The molecule has 1 heterocycles. The van der Waals surface area contributed by atoms with Crippen LogP contribution in [0, 0.1) is 24.0 Å². The van der Waals surface area contributed by atoms with Crippen LogP contribution in [0.25, 0.3) is 0 Å². The number of benzene rings is 2. The van der Waals surface area contributed by atoms with Crippen LogP contribution in [0.3, 0.4) is 0 Å². The van der Waals surface area contributed by atoms with Crippen LogP contribution in [-0.4, -0.2) is 14.9 Å². The molecule has 3 rings (SSSR count). The Morgan fingerprint density at radius 3 is 1.81 bits per heavy atom. The average Bonchev–Trinajstić information content (AvgIpc) is 2.52. The number of aryl methyl sites for hydroxylation is 2. The van der Waals surface area contributed by atoms with Gasteiger partial charge < -0.3 is 10.6 Å². The molecule has 9 heteroatoms. The lowest BCUT2D eigenvalue weighted by Gasteiger charge is -2.11. The summed E-state index contributed by atoms with van der Waals surface area (Å²) in [5.41, 5.74) is 2.95. The van der Waals surface area contributed by atoms with Gasteiger partial charge in [0.1, 0.15) is 6.33 Å². The van der Waals surface area contributed by atoms with Crippen molar-refractivity contribution in [2.75, 3.05) is 10.6 Å². The van der Waals surface area contributed by atoms with Gasteiger partial charge in [0, 0.05) is 21.4 Å². The van der Waals surface area contributed by atoms with E-state index in [1.54, 1.807) is 18.2 Å². The van der Waals surface area contributed by atoms with Gasteiger partial charge in [-0.3, -0.25) is 10.1 Å². The van der Waals surface area contributed by atoms with Crippen molar-refractivity contribution in [3.63, 3.8) is 0 Å². The molecule has 0 bridgehead atoms. The number of halogens is 2. The van der Waals surface area contributed by atoms with Crippen LogP contribution in [0.15, 0.2) is 42.7 Å². The Labute approximate surface area is 165 Å². The fourth-order valence-corrected chi connectivity index (χ4v) is 3.21. The molecule has 0 amide bonds. The Kier molecular flexibility index (Phi) is 5.43. The summed E-state index contributed by atoms with van der Waals surface area (Å²) >= 11 is 12.0. The molecule has 2 N–H and O–H groups in total. The van der Waals surface area contributed by atoms with E-state index in [2.05, 4.69) is 20.6 Å². The molecular weight excluding hydrogens is 389 g/mol. The topological polar surface area (TPSA) is 93.0 Å². The van der Waals surface area contributed by atoms with Gasteiger partial charge in [-0.15, -0.1) is 0 Å². The normalized spacial score (nSPS) is 10.5. The number of hydrogen-bond donors (Lipinski definition) is 2. The number of rotatable bonds is 5. The average molecular weight is 404 g/mol. The summed E-state index contributed by atoms with van der Waals surface area (Å²) in [6.45, 7) is 3.89. The molecule has 7 nitrogen and oxygen atoms in total. The largest absolute Gasteiger partial charge is 0.353 e. The number of nitrogens with zero attached hydrogens (tertiary/aromatic N) is 3. The SMILES string of the molecule is Cc1cc(C)cc(Nc2ncnc(Nc3cc(Cl)cc(Cl)c3)c2[N+](=O)[O-])c1. The van der Waals surface area contributed by atoms with Crippen LogP contribution in [0.5, 0.6) is 0 Å². The predicted octanol–water partition coefficient (Wildman–Crippen LogP) is 5.80. The third kappa shape index (κ3) is 4.64. The zero-order chi connectivity index (χ0) is 19.6. The van der Waals surface area contributed by atoms with Crippen LogP contribution in [0.2, 0.25) is 10.0 Å². The van der Waals surface area contributed by atoms with Crippen molar-refractivity contribution in [1.82, 2.24) is 9.97 Å². The molecule has 138 valence electrons. The van der Waals surface area contributed by atoms with Gasteiger partial charge in [0.05, 0.1) is 4.92 Å². The summed E-state index contributed by atoms with van der Waals surface area (Å²) in [6, 6.07) is 10.5. The fourth-order valence-electron chi connectivity index (χ4n) is 2.68. The molecule has 1 aromatic heterocycles. The van der Waals surface area contributed by atoms with E-state index < -0.39 is 4.92 Å². The van der Waals surface area contributed by atoms with Crippen LogP contribution in [0.1, 0.15) is 11.1 Å². The van der Waals surface area contributed by atoms with Crippen molar-refractivity contribution in [3.8, 4) is 0 Å². The van der Waals surface area contributed by atoms with E-state index in [4.69, 9.17) is 23.2 Å². The van der Waals surface area contributed by atoms with Gasteiger partial charge in [-0.2, -0.15) is 0 Å². The Morgan fingerprint density at radius 2 is 1.33 bits per heavy atom. The molecule has 0 saturated carbocycles. The Bertz CT molecular complexity index is 914. The Morgan fingerprint density at radius 1 is 0.852 bits per heavy atom. The van der Waals surface area contributed by atoms with E-state index in [0.717, 1.165) is 11.1 Å². The minimum Gasteiger partial charge on any atom is -0.334 e. The first-order valence-electron chi connectivity index (χ1n) is 7.89. The minimum atomic E-state index is -0.542. The van der Waals surface area contributed by atoms with Crippen LogP contribution < -0.4 is 10.6 Å². The summed E-state index contributed by atoms with van der Waals surface area (Å²) in [6.07, 6.45) is 1.24. The lowest BCUT2D eigenvalue weighted by atomic mass is 10.1. The van der Waals surface area contributed by atoms with Gasteiger partial charge in [0.15, 0.2) is 0 Å². The number of nitrogens with one attached hydrogen (secondary N) is 2. The molecular formula is C18H15Cl2N5O2. The lowest BCUT2D eigenvalue weighted by molar-refractivity contribution is -0.383. The quantitative estimate of drug-likeness (QED) is 0.413. The minimum absolute atomic E-state index is 0.0280. The van der Waals surface area contributed by atoms with E-state index in [9.17, 15) is 10.1 Å². The predicted molar refractivity (Wildman–Crippen MR) is 108 cm³/mol. The second kappa shape index (κ2) is 7.77. The third-order valence-corrected chi connectivity index (χ3v) is 4.05. The van der Waals surface area contributed by atoms with Crippen LogP contribution >= 0.6 is 23.2 Å². The number of anilines is 4. The van der Waals surface area contributed by atoms with Crippen molar-refractivity contribution in [3.05, 3.63) is 74.0 Å². The highest BCUT2D eigenvalue weighted by molar-refractivity contribution is 6.35. The molecule has 0 aliphatic rings. The van der Waals surface area contributed by atoms with Crippen LogP contribution in [-0.2, 0) is 0 Å². The summed E-state index contributed by atoms with van der Waals surface area (Å²) in [5.74, 6) is 0.107. The van der Waals surface area contributed by atoms with Gasteiger partial charge in [-0.05, 0) is 55.3 Å². The number of hydrogen-bond acceptors (Lipinski definition) is 6. The molecule has 0 atom stereocenters. The van der Waals surface area contributed by atoms with Crippen molar-refractivity contribution in [2.24, 2.45) is 0 Å². The zero-order valence-corrected chi connectivity index (χ0v) is 16.0. The number of nitro groups is 1. The monoisotopic (exact) mass is 403 g/mol. The van der Waals surface area contributed by atoms with Crippen molar-refractivity contribution in [1.29, 1.82) is 0 Å². The van der Waals surface area contributed by atoms with Crippen LogP contribution in [0.4, 0.5) is 28.7 Å². The third-order valence-electron chi connectivity index (χ3n) is 3.61. The van der Waals surface area contributed by atoms with Crippen molar-refractivity contribution in [2.45, 2.75) is 13.8 Å². The van der Waals surface area contributed by atoms with E-state index >= 15 is 0 Å². The molecule has 27 heavy (non-hydrogen) atoms. The highest BCUT2D eigenvalue weighted by atomic mass is 35.5. The van der Waals surface area contributed by atoms with E-state index in [0.29, 0.717) is 21.4 Å². The van der Waals surface area contributed by atoms with Gasteiger partial charge in [0.2, 0.25) is 11.6 Å². The molecule has 0 unspecified atom stereocenters. The first-order chi connectivity index (χ1) is 12.8. The maximum absolute atomic E-state index is 11.7. The highest BCUT2D eigenvalue weighted by Crippen LogP contribution is 2.34. The van der Waals surface area contributed by atoms with Gasteiger partial charge in [-0.25, -0.2) is 9.97 Å². The van der Waals surface area contributed by atoms with Crippen molar-refractivity contribution >= 4 is 51.9 Å². The fraction of sp³-hybridized carbons (Fsp3) is 0.111. The standard InChI is InChI=1S/C18H15Cl2N5O2/c1-10-3-11(2)5-14(4-10)23-17-16(25(26)27)18(22-9-21-17)24-15-7-12(19)6-13(20)8-15/h3-9H,1-2H3,(H2,21,22,23,24). The maximum atomic E-state index is 11.7. The second-order valence-electron chi connectivity index (χ2n) is 5.96. The van der Waals surface area contributed by atoms with E-state index in [-0.39, 0.29) is 17.3 Å². The lowest BCUT2D eigenvalue weighted by Crippen LogP contribution is -2.05. The Balaban J connectivity index is 2.00. The molecule has 3 aromatic rings. The summed E-state index contributed by atoms with van der Waals surface area (Å²) in [5, 5.41) is 18.4. The molecule has 2 aromatic carbocycles. The Hall–Kier alpha value is -2.90. The summed E-state index contributed by atoms with van der Waals surface area (Å²) in [7, 11) is 0. The van der Waals surface area contributed by atoms with Gasteiger partial charge in [-0.1, -0.05) is 29.3 Å². The van der Waals surface area contributed by atoms with Gasteiger partial charge in [0.25, 0.3) is 0 Å². The summed E-state index contributed by atoms with van der Waals surface area (Å²) in [4.78, 5) is 19.2. The molecule has 0 spiro atoms. The maximum Gasteiger partial charge on any atom is 0.353 e. The molecule has 0 aliphatic heterocycles. The first-order valence-corrected chi connectivity index (χ1v) is 8.65. The first kappa shape index (κ1) is 18.9. The second-order valence-corrected chi connectivity index (χ2v) is 6.83. The molecule has 0 radical (unpaired) electrons. The molecule has 0 fully saturated rings.